The smallest absolute Gasteiger partial charge is 0.341 e. The second-order valence-corrected chi connectivity index (χ2v) is 2.66. The number of carbonyl (C=O) groups is 1. The van der Waals surface area contributed by atoms with Crippen molar-refractivity contribution in [2.24, 2.45) is 0 Å². The van der Waals surface area contributed by atoms with E-state index in [1.165, 1.54) is 0 Å². The van der Waals surface area contributed by atoms with Crippen LogP contribution in [0.3, 0.4) is 0 Å². The van der Waals surface area contributed by atoms with Crippen molar-refractivity contribution in [3.63, 3.8) is 0 Å². The van der Waals surface area contributed by atoms with Crippen LogP contribution < -0.4 is 4.74 Å². The zero-order valence-corrected chi connectivity index (χ0v) is 7.66. The summed E-state index contributed by atoms with van der Waals surface area (Å²) in [4.78, 5) is 14.2. The Bertz CT molecular complexity index is 341. The van der Waals surface area contributed by atoms with E-state index in [2.05, 4.69) is 4.98 Å². The summed E-state index contributed by atoms with van der Waals surface area (Å²) in [7, 11) is 0. The summed E-state index contributed by atoms with van der Waals surface area (Å²) in [6, 6.07) is 0.889. The molecule has 0 unspecified atom stereocenters. The van der Waals surface area contributed by atoms with Crippen LogP contribution in [0.2, 0.25) is 0 Å². The van der Waals surface area contributed by atoms with E-state index in [1.807, 2.05) is 6.92 Å². The first-order valence-corrected chi connectivity index (χ1v) is 4.16. The first-order chi connectivity index (χ1) is 6.65. The molecule has 1 aromatic heterocycles. The number of hydrogen-bond acceptors (Lipinski definition) is 3. The molecule has 76 valence electrons. The average Bonchev–Trinajstić information content (AvgIpc) is 2.15. The number of pyridine rings is 1. The lowest BCUT2D eigenvalue weighted by atomic mass is 10.3. The number of ether oxygens (including phenoxy) is 1. The van der Waals surface area contributed by atoms with E-state index in [1.54, 1.807) is 0 Å². The maximum absolute atomic E-state index is 12.6. The SMILES string of the molecule is CCCOc1ncc(F)cc1C(=O)O. The van der Waals surface area contributed by atoms with Gasteiger partial charge in [0.1, 0.15) is 11.4 Å². The highest BCUT2D eigenvalue weighted by atomic mass is 19.1. The monoisotopic (exact) mass is 199 g/mol. The number of aromatic nitrogens is 1. The lowest BCUT2D eigenvalue weighted by Gasteiger charge is -2.05. The van der Waals surface area contributed by atoms with Crippen molar-refractivity contribution in [3.05, 3.63) is 23.6 Å². The van der Waals surface area contributed by atoms with Crippen molar-refractivity contribution < 1.29 is 19.0 Å². The molecule has 1 N–H and O–H groups in total. The van der Waals surface area contributed by atoms with Gasteiger partial charge in [-0.25, -0.2) is 14.2 Å². The number of halogens is 1. The number of nitrogens with zero attached hydrogens (tertiary/aromatic N) is 1. The van der Waals surface area contributed by atoms with Gasteiger partial charge in [-0.3, -0.25) is 0 Å². The molecule has 0 fully saturated rings. The quantitative estimate of drug-likeness (QED) is 0.801. The van der Waals surface area contributed by atoms with E-state index < -0.39 is 11.8 Å². The molecule has 0 spiro atoms. The highest BCUT2D eigenvalue weighted by Gasteiger charge is 2.13. The molecular formula is C9H10FNO3. The summed E-state index contributed by atoms with van der Waals surface area (Å²) < 4.78 is 17.7. The second kappa shape index (κ2) is 4.55. The number of carboxylic acids is 1. The van der Waals surface area contributed by atoms with Gasteiger partial charge in [-0.15, -0.1) is 0 Å². The molecule has 4 nitrogen and oxygen atoms in total. The van der Waals surface area contributed by atoms with Crippen LogP contribution in [-0.2, 0) is 0 Å². The Morgan fingerprint density at radius 1 is 1.71 bits per heavy atom. The molecule has 1 heterocycles. The fraction of sp³-hybridized carbons (Fsp3) is 0.333. The molecule has 0 radical (unpaired) electrons. The van der Waals surface area contributed by atoms with Gasteiger partial charge in [-0.05, 0) is 12.5 Å². The van der Waals surface area contributed by atoms with Crippen LogP contribution in [0.25, 0.3) is 0 Å². The van der Waals surface area contributed by atoms with E-state index in [4.69, 9.17) is 9.84 Å². The third-order valence-electron chi connectivity index (χ3n) is 1.49. The summed E-state index contributed by atoms with van der Waals surface area (Å²) >= 11 is 0. The third kappa shape index (κ3) is 2.42. The summed E-state index contributed by atoms with van der Waals surface area (Å²) in [5.74, 6) is -1.98. The summed E-state index contributed by atoms with van der Waals surface area (Å²) in [6.45, 7) is 2.24. The summed E-state index contributed by atoms with van der Waals surface area (Å²) in [6.07, 6.45) is 1.66. The van der Waals surface area contributed by atoms with E-state index in [9.17, 15) is 9.18 Å². The van der Waals surface area contributed by atoms with Crippen molar-refractivity contribution in [2.45, 2.75) is 13.3 Å². The van der Waals surface area contributed by atoms with Gasteiger partial charge in [0.05, 0.1) is 12.8 Å². The van der Waals surface area contributed by atoms with Crippen LogP contribution in [-0.4, -0.2) is 22.7 Å². The number of hydrogen-bond donors (Lipinski definition) is 1. The minimum atomic E-state index is -1.25. The van der Waals surface area contributed by atoms with Crippen molar-refractivity contribution in [3.8, 4) is 5.88 Å². The minimum absolute atomic E-state index is 0.0410. The largest absolute Gasteiger partial charge is 0.477 e. The molecule has 5 heteroatoms. The van der Waals surface area contributed by atoms with Gasteiger partial charge in [0, 0.05) is 0 Å². The molecule has 0 aliphatic heterocycles. The van der Waals surface area contributed by atoms with Gasteiger partial charge >= 0.3 is 5.97 Å². The fourth-order valence-electron chi connectivity index (χ4n) is 0.894. The van der Waals surface area contributed by atoms with Gasteiger partial charge in [-0.2, -0.15) is 0 Å². The number of rotatable bonds is 4. The zero-order valence-electron chi connectivity index (χ0n) is 7.66. The van der Waals surface area contributed by atoms with Crippen LogP contribution in [0.15, 0.2) is 12.3 Å². The van der Waals surface area contributed by atoms with Crippen molar-refractivity contribution in [1.29, 1.82) is 0 Å². The predicted octanol–water partition coefficient (Wildman–Crippen LogP) is 1.71. The van der Waals surface area contributed by atoms with Crippen LogP contribution >= 0.6 is 0 Å². The fourth-order valence-corrected chi connectivity index (χ4v) is 0.894. The second-order valence-electron chi connectivity index (χ2n) is 2.66. The van der Waals surface area contributed by atoms with Crippen LogP contribution in [0.4, 0.5) is 4.39 Å². The molecule has 0 saturated carbocycles. The first-order valence-electron chi connectivity index (χ1n) is 4.16. The van der Waals surface area contributed by atoms with Crippen LogP contribution in [0, 0.1) is 5.82 Å². The lowest BCUT2D eigenvalue weighted by Crippen LogP contribution is -2.06. The minimum Gasteiger partial charge on any atom is -0.477 e. The number of carboxylic acid groups (broad SMARTS) is 1. The van der Waals surface area contributed by atoms with Crippen LogP contribution in [0.1, 0.15) is 23.7 Å². The van der Waals surface area contributed by atoms with E-state index in [0.29, 0.717) is 6.61 Å². The maximum atomic E-state index is 12.6. The third-order valence-corrected chi connectivity index (χ3v) is 1.49. The predicted molar refractivity (Wildman–Crippen MR) is 46.9 cm³/mol. The van der Waals surface area contributed by atoms with Crippen LogP contribution in [0.5, 0.6) is 5.88 Å². The molecule has 1 rings (SSSR count). The Kier molecular flexibility index (Phi) is 3.39. The Labute approximate surface area is 80.3 Å². The van der Waals surface area contributed by atoms with Gasteiger partial charge < -0.3 is 9.84 Å². The zero-order chi connectivity index (χ0) is 10.6. The standard InChI is InChI=1S/C9H10FNO3/c1-2-3-14-8-7(9(12)13)4-6(10)5-11-8/h4-5H,2-3H2,1H3,(H,12,13). The molecule has 0 aliphatic rings. The molecule has 0 aromatic carbocycles. The lowest BCUT2D eigenvalue weighted by molar-refractivity contribution is 0.0690. The summed E-state index contributed by atoms with van der Waals surface area (Å²) in [5, 5.41) is 8.70. The molecule has 0 aliphatic carbocycles. The topological polar surface area (TPSA) is 59.4 Å². The van der Waals surface area contributed by atoms with Crippen molar-refractivity contribution >= 4 is 5.97 Å². The molecule has 0 bridgehead atoms. The molecule has 1 aromatic rings. The van der Waals surface area contributed by atoms with E-state index in [-0.39, 0.29) is 11.4 Å². The average molecular weight is 199 g/mol. The Morgan fingerprint density at radius 3 is 3.00 bits per heavy atom. The van der Waals surface area contributed by atoms with E-state index in [0.717, 1.165) is 18.7 Å². The molecule has 14 heavy (non-hydrogen) atoms. The molecule has 0 amide bonds. The maximum Gasteiger partial charge on any atom is 0.341 e. The van der Waals surface area contributed by atoms with E-state index >= 15 is 0 Å². The highest BCUT2D eigenvalue weighted by Crippen LogP contribution is 2.16. The molecule has 0 atom stereocenters. The highest BCUT2D eigenvalue weighted by molar-refractivity contribution is 5.90. The normalized spacial score (nSPS) is 9.86. The Morgan fingerprint density at radius 2 is 2.43 bits per heavy atom. The first kappa shape index (κ1) is 10.4. The number of aromatic carboxylic acids is 1. The summed E-state index contributed by atoms with van der Waals surface area (Å²) in [5.41, 5.74) is -0.251. The van der Waals surface area contributed by atoms with Crippen molar-refractivity contribution in [1.82, 2.24) is 4.98 Å². The van der Waals surface area contributed by atoms with Gasteiger partial charge in [0.2, 0.25) is 5.88 Å². The van der Waals surface area contributed by atoms with Gasteiger partial charge in [0.15, 0.2) is 0 Å². The molecular weight excluding hydrogens is 189 g/mol. The van der Waals surface area contributed by atoms with Gasteiger partial charge in [0.25, 0.3) is 0 Å². The van der Waals surface area contributed by atoms with Crippen molar-refractivity contribution in [2.75, 3.05) is 6.61 Å². The Hall–Kier alpha value is -1.65. The van der Waals surface area contributed by atoms with Gasteiger partial charge in [-0.1, -0.05) is 6.92 Å². The molecule has 0 saturated heterocycles. The Balaban J connectivity index is 2.96.